The van der Waals surface area contributed by atoms with Gasteiger partial charge in [0.1, 0.15) is 13.2 Å². The third-order valence-corrected chi connectivity index (χ3v) is 11.3. The highest BCUT2D eigenvalue weighted by Gasteiger charge is 2.19. The Morgan fingerprint density at radius 3 is 1.00 bits per heavy atom. The molecule has 0 bridgehead atoms. The smallest absolute Gasteiger partial charge is 0.306 e. The lowest BCUT2D eigenvalue weighted by Gasteiger charge is -2.18. The number of allylic oxidation sites excluding steroid dienone is 14. The zero-order valence-corrected chi connectivity index (χ0v) is 42.5. The highest BCUT2D eigenvalue weighted by molar-refractivity contribution is 5.71. The number of carbonyl (C=O) groups is 3. The van der Waals surface area contributed by atoms with Crippen LogP contribution < -0.4 is 0 Å². The van der Waals surface area contributed by atoms with Crippen molar-refractivity contribution >= 4 is 17.9 Å². The van der Waals surface area contributed by atoms with E-state index in [2.05, 4.69) is 106 Å². The summed E-state index contributed by atoms with van der Waals surface area (Å²) in [5, 5.41) is 0. The molecular formula is C59H100O6. The molecule has 0 fully saturated rings. The molecule has 0 aliphatic carbocycles. The molecule has 1 unspecified atom stereocenters. The second-order valence-electron chi connectivity index (χ2n) is 17.7. The highest BCUT2D eigenvalue weighted by Crippen LogP contribution is 2.14. The van der Waals surface area contributed by atoms with Crippen LogP contribution in [0, 0.1) is 0 Å². The van der Waals surface area contributed by atoms with Gasteiger partial charge >= 0.3 is 17.9 Å². The fourth-order valence-corrected chi connectivity index (χ4v) is 7.29. The Bertz CT molecular complexity index is 1270. The Hall–Kier alpha value is -3.41. The minimum absolute atomic E-state index is 0.0908. The first-order chi connectivity index (χ1) is 32.0. The van der Waals surface area contributed by atoms with Gasteiger partial charge in [0.25, 0.3) is 0 Å². The molecule has 0 aliphatic rings. The number of esters is 3. The molecular weight excluding hydrogens is 805 g/mol. The van der Waals surface area contributed by atoms with Gasteiger partial charge in [-0.05, 0) is 109 Å². The van der Waals surface area contributed by atoms with Gasteiger partial charge in [-0.15, -0.1) is 0 Å². The lowest BCUT2D eigenvalue weighted by atomic mass is 10.1. The Kier molecular flexibility index (Phi) is 50.4. The Morgan fingerprint density at radius 2 is 0.631 bits per heavy atom. The van der Waals surface area contributed by atoms with Gasteiger partial charge in [-0.3, -0.25) is 14.4 Å². The molecule has 0 saturated heterocycles. The molecule has 0 rings (SSSR count). The molecule has 0 aliphatic heterocycles. The fraction of sp³-hybridized carbons (Fsp3) is 0.712. The lowest BCUT2D eigenvalue weighted by molar-refractivity contribution is -0.167. The molecule has 0 aromatic carbocycles. The van der Waals surface area contributed by atoms with Crippen LogP contribution in [0.3, 0.4) is 0 Å². The second-order valence-corrected chi connectivity index (χ2v) is 17.7. The summed E-state index contributed by atoms with van der Waals surface area (Å²) < 4.78 is 16.8. The van der Waals surface area contributed by atoms with Crippen molar-refractivity contribution in [2.24, 2.45) is 0 Å². The summed E-state index contributed by atoms with van der Waals surface area (Å²) in [6.45, 7) is 6.41. The van der Waals surface area contributed by atoms with Crippen LogP contribution in [0.15, 0.2) is 85.1 Å². The topological polar surface area (TPSA) is 78.9 Å². The van der Waals surface area contributed by atoms with Crippen LogP contribution in [-0.4, -0.2) is 37.2 Å². The summed E-state index contributed by atoms with van der Waals surface area (Å²) >= 11 is 0. The van der Waals surface area contributed by atoms with Crippen LogP contribution in [0.25, 0.3) is 0 Å². The van der Waals surface area contributed by atoms with E-state index in [0.717, 1.165) is 135 Å². The molecule has 65 heavy (non-hydrogen) atoms. The van der Waals surface area contributed by atoms with Crippen molar-refractivity contribution in [2.45, 2.75) is 258 Å². The van der Waals surface area contributed by atoms with E-state index in [0.29, 0.717) is 19.3 Å². The van der Waals surface area contributed by atoms with Crippen molar-refractivity contribution in [3.63, 3.8) is 0 Å². The van der Waals surface area contributed by atoms with Crippen LogP contribution in [0.5, 0.6) is 0 Å². The zero-order chi connectivity index (χ0) is 47.2. The third-order valence-electron chi connectivity index (χ3n) is 11.3. The van der Waals surface area contributed by atoms with Crippen LogP contribution >= 0.6 is 0 Å². The second kappa shape index (κ2) is 53.2. The number of carbonyl (C=O) groups excluding carboxylic acids is 3. The molecule has 0 aromatic rings. The molecule has 0 N–H and O–H groups in total. The van der Waals surface area contributed by atoms with E-state index in [1.54, 1.807) is 0 Å². The van der Waals surface area contributed by atoms with E-state index >= 15 is 0 Å². The summed E-state index contributed by atoms with van der Waals surface area (Å²) in [5.74, 6) is -0.925. The van der Waals surface area contributed by atoms with E-state index in [1.165, 1.54) is 77.0 Å². The zero-order valence-electron chi connectivity index (χ0n) is 42.5. The van der Waals surface area contributed by atoms with Crippen molar-refractivity contribution in [1.82, 2.24) is 0 Å². The fourth-order valence-electron chi connectivity index (χ4n) is 7.29. The average molecular weight is 905 g/mol. The van der Waals surface area contributed by atoms with E-state index in [-0.39, 0.29) is 31.1 Å². The van der Waals surface area contributed by atoms with Crippen LogP contribution in [0.1, 0.15) is 252 Å². The Labute approximate surface area is 401 Å². The normalized spacial score (nSPS) is 12.7. The number of ether oxygens (including phenoxy) is 3. The van der Waals surface area contributed by atoms with Gasteiger partial charge < -0.3 is 14.2 Å². The van der Waals surface area contributed by atoms with Gasteiger partial charge in [-0.25, -0.2) is 0 Å². The third kappa shape index (κ3) is 51.4. The summed E-state index contributed by atoms with van der Waals surface area (Å²) in [6, 6.07) is 0. The monoisotopic (exact) mass is 905 g/mol. The first-order valence-electron chi connectivity index (χ1n) is 27.1. The number of hydrogen-bond donors (Lipinski definition) is 0. The molecule has 0 aromatic heterocycles. The molecule has 372 valence electrons. The lowest BCUT2D eigenvalue weighted by Crippen LogP contribution is -2.30. The van der Waals surface area contributed by atoms with E-state index in [4.69, 9.17) is 14.2 Å². The summed E-state index contributed by atoms with van der Waals surface area (Å²) in [5.41, 5.74) is 0. The molecule has 0 spiro atoms. The summed E-state index contributed by atoms with van der Waals surface area (Å²) in [7, 11) is 0. The van der Waals surface area contributed by atoms with Crippen molar-refractivity contribution in [3.8, 4) is 0 Å². The van der Waals surface area contributed by atoms with E-state index < -0.39 is 6.10 Å². The summed E-state index contributed by atoms with van der Waals surface area (Å²) in [4.78, 5) is 38.1. The van der Waals surface area contributed by atoms with Gasteiger partial charge in [0.05, 0.1) is 0 Å². The first-order valence-corrected chi connectivity index (χ1v) is 27.1. The molecule has 6 nitrogen and oxygen atoms in total. The molecule has 0 amide bonds. The molecule has 0 heterocycles. The molecule has 6 heteroatoms. The van der Waals surface area contributed by atoms with Gasteiger partial charge in [-0.2, -0.15) is 0 Å². The predicted octanol–water partition coefficient (Wildman–Crippen LogP) is 18.0. The van der Waals surface area contributed by atoms with Crippen LogP contribution in [0.2, 0.25) is 0 Å². The van der Waals surface area contributed by atoms with Crippen molar-refractivity contribution in [2.75, 3.05) is 13.2 Å². The maximum absolute atomic E-state index is 12.8. The Morgan fingerprint density at radius 1 is 0.323 bits per heavy atom. The maximum atomic E-state index is 12.8. The van der Waals surface area contributed by atoms with Gasteiger partial charge in [0, 0.05) is 19.3 Å². The molecule has 0 saturated carbocycles. The summed E-state index contributed by atoms with van der Waals surface area (Å²) in [6.07, 6.45) is 68.5. The van der Waals surface area contributed by atoms with Crippen molar-refractivity contribution in [1.29, 1.82) is 0 Å². The van der Waals surface area contributed by atoms with Crippen LogP contribution in [0.4, 0.5) is 0 Å². The quantitative estimate of drug-likeness (QED) is 0.0262. The van der Waals surface area contributed by atoms with E-state index in [1.807, 2.05) is 0 Å². The Balaban J connectivity index is 4.40. The minimum Gasteiger partial charge on any atom is -0.462 e. The molecule has 0 radical (unpaired) electrons. The first kappa shape index (κ1) is 61.6. The van der Waals surface area contributed by atoms with Gasteiger partial charge in [-0.1, -0.05) is 209 Å². The van der Waals surface area contributed by atoms with Crippen LogP contribution in [-0.2, 0) is 28.6 Å². The largest absolute Gasteiger partial charge is 0.462 e. The maximum Gasteiger partial charge on any atom is 0.306 e. The average Bonchev–Trinajstić information content (AvgIpc) is 3.30. The number of unbranched alkanes of at least 4 members (excludes halogenated alkanes) is 23. The van der Waals surface area contributed by atoms with Crippen molar-refractivity contribution < 1.29 is 28.6 Å². The number of rotatable bonds is 48. The van der Waals surface area contributed by atoms with Crippen molar-refractivity contribution in [3.05, 3.63) is 85.1 Å². The predicted molar refractivity (Wildman–Crippen MR) is 279 cm³/mol. The highest BCUT2D eigenvalue weighted by atomic mass is 16.6. The molecule has 1 atom stereocenters. The van der Waals surface area contributed by atoms with Gasteiger partial charge in [0.2, 0.25) is 0 Å². The number of hydrogen-bond acceptors (Lipinski definition) is 6. The standard InChI is InChI=1S/C59H100O6/c1-4-7-10-13-16-19-22-25-27-28-29-30-32-34-37-40-43-46-49-52-58(61)64-55-56(54-63-57(60)51-48-45-42-39-36-33-24-21-18-15-12-9-6-3)65-59(62)53-50-47-44-41-38-35-31-26-23-20-17-14-11-8-5-2/h8,11-12,15-17,19-21,24-27,31,56H,4-7,9-10,13-14,18,22-23,28-30,32-55H2,1-3H3/b11-8-,15-12-,19-16-,20-17-,24-21-,27-25-,31-26-. The minimum atomic E-state index is -0.793. The van der Waals surface area contributed by atoms with Gasteiger partial charge in [0.15, 0.2) is 6.10 Å². The van der Waals surface area contributed by atoms with E-state index in [9.17, 15) is 14.4 Å². The SMILES string of the molecule is CC/C=C\C/C=C\C/C=C\CCCCCCCC(=O)OC(COC(=O)CCCCCCC/C=C\C/C=C\CCC)COC(=O)CCCCCCCCCCC/C=C\C/C=C\CCCCC.